The molecule has 6 nitrogen and oxygen atoms in total. The number of methoxy groups -OCH3 is 1. The normalized spacial score (nSPS) is 17.7. The fourth-order valence-electron chi connectivity index (χ4n) is 5.41. The van der Waals surface area contributed by atoms with E-state index >= 15 is 0 Å². The second kappa shape index (κ2) is 12.1. The van der Waals surface area contributed by atoms with Gasteiger partial charge in [0, 0.05) is 38.9 Å². The van der Waals surface area contributed by atoms with E-state index in [2.05, 4.69) is 5.32 Å². The Kier molecular flexibility index (Phi) is 8.67. The van der Waals surface area contributed by atoms with Crippen molar-refractivity contribution in [2.24, 2.45) is 5.92 Å². The highest BCUT2D eigenvalue weighted by molar-refractivity contribution is 5.76. The second-order valence-corrected chi connectivity index (χ2v) is 9.84. The molecule has 1 saturated carbocycles. The molecular weight excluding hydrogens is 440 g/mol. The van der Waals surface area contributed by atoms with Crippen LogP contribution in [0.5, 0.6) is 5.75 Å². The third-order valence-corrected chi connectivity index (χ3v) is 7.60. The van der Waals surface area contributed by atoms with Gasteiger partial charge in [0.05, 0.1) is 7.11 Å². The van der Waals surface area contributed by atoms with Gasteiger partial charge in [-0.3, -0.25) is 4.79 Å². The summed E-state index contributed by atoms with van der Waals surface area (Å²) in [5.74, 6) is 1.77. The molecule has 1 heterocycles. The smallest absolute Gasteiger partial charge is 0.408 e. The van der Waals surface area contributed by atoms with Crippen molar-refractivity contribution < 1.29 is 19.1 Å². The van der Waals surface area contributed by atoms with Gasteiger partial charge < -0.3 is 19.7 Å². The molecule has 0 atom stereocenters. The van der Waals surface area contributed by atoms with E-state index in [1.807, 2.05) is 59.5 Å². The fraction of sp³-hybridized carbons (Fsp3) is 0.517. The van der Waals surface area contributed by atoms with Crippen LogP contribution in [0.1, 0.15) is 62.5 Å². The number of piperidine rings is 1. The number of nitrogens with zero attached hydrogens (tertiary/aromatic N) is 1. The summed E-state index contributed by atoms with van der Waals surface area (Å²) < 4.78 is 11.3. The van der Waals surface area contributed by atoms with Crippen LogP contribution in [0, 0.1) is 5.92 Å². The largest absolute Gasteiger partial charge is 0.497 e. The summed E-state index contributed by atoms with van der Waals surface area (Å²) in [7, 11) is 1.64. The maximum absolute atomic E-state index is 12.8. The van der Waals surface area contributed by atoms with Crippen molar-refractivity contribution >= 4 is 12.0 Å². The van der Waals surface area contributed by atoms with Gasteiger partial charge >= 0.3 is 6.09 Å². The lowest BCUT2D eigenvalue weighted by molar-refractivity contribution is -0.136. The molecule has 188 valence electrons. The average Bonchev–Trinajstić information content (AvgIpc) is 3.42. The molecule has 0 radical (unpaired) electrons. The summed E-state index contributed by atoms with van der Waals surface area (Å²) in [6.45, 7) is 1.71. The molecule has 6 heteroatoms. The van der Waals surface area contributed by atoms with E-state index < -0.39 is 11.7 Å². The molecule has 0 aromatic heterocycles. The van der Waals surface area contributed by atoms with Crippen molar-refractivity contribution in [2.75, 3.05) is 26.7 Å². The fourth-order valence-corrected chi connectivity index (χ4v) is 5.41. The summed E-state index contributed by atoms with van der Waals surface area (Å²) in [6.07, 6.45) is 8.31. The molecule has 1 N–H and O–H groups in total. The number of alkyl carbamates (subject to hydrolysis) is 1. The second-order valence-electron chi connectivity index (χ2n) is 9.84. The summed E-state index contributed by atoms with van der Waals surface area (Å²) in [5, 5.41) is 2.91. The molecule has 1 aliphatic heterocycles. The molecule has 2 fully saturated rings. The first-order valence-corrected chi connectivity index (χ1v) is 13.0. The molecule has 2 aliphatic rings. The highest BCUT2D eigenvalue weighted by atomic mass is 16.6. The van der Waals surface area contributed by atoms with Crippen LogP contribution in [0.15, 0.2) is 54.6 Å². The Bertz CT molecular complexity index is 946. The zero-order chi connectivity index (χ0) is 24.5. The minimum absolute atomic E-state index is 0.238. The Balaban J connectivity index is 1.31. The van der Waals surface area contributed by atoms with Crippen molar-refractivity contribution in [3.8, 4) is 5.75 Å². The Hall–Kier alpha value is -3.02. The van der Waals surface area contributed by atoms with E-state index in [4.69, 9.17) is 9.47 Å². The predicted octanol–water partition coefficient (Wildman–Crippen LogP) is 5.45. The number of hydrogen-bond donors (Lipinski definition) is 1. The van der Waals surface area contributed by atoms with Crippen LogP contribution in [0.2, 0.25) is 0 Å². The SMILES string of the molecule is COc1ccc(CCNC(=O)OC2(c3ccccc3)CCN(C(=O)CCC3CCCC3)CC2)cc1. The van der Waals surface area contributed by atoms with Crippen LogP contribution in [0.25, 0.3) is 0 Å². The summed E-state index contributed by atoms with van der Waals surface area (Å²) in [5.41, 5.74) is 1.39. The van der Waals surface area contributed by atoms with E-state index in [1.165, 1.54) is 25.7 Å². The van der Waals surface area contributed by atoms with E-state index in [0.29, 0.717) is 45.3 Å². The number of benzene rings is 2. The van der Waals surface area contributed by atoms with Crippen molar-refractivity contribution in [2.45, 2.75) is 63.4 Å². The first kappa shape index (κ1) is 25.1. The van der Waals surface area contributed by atoms with Crippen LogP contribution in [0.4, 0.5) is 4.79 Å². The molecule has 0 bridgehead atoms. The highest BCUT2D eigenvalue weighted by Crippen LogP contribution is 2.37. The quantitative estimate of drug-likeness (QED) is 0.520. The summed E-state index contributed by atoms with van der Waals surface area (Å²) >= 11 is 0. The number of nitrogens with one attached hydrogen (secondary N) is 1. The van der Waals surface area contributed by atoms with Crippen molar-refractivity contribution in [1.82, 2.24) is 10.2 Å². The molecule has 4 rings (SSSR count). The van der Waals surface area contributed by atoms with E-state index in [0.717, 1.165) is 29.2 Å². The third-order valence-electron chi connectivity index (χ3n) is 7.60. The van der Waals surface area contributed by atoms with Gasteiger partial charge in [-0.1, -0.05) is 68.1 Å². The molecule has 0 unspecified atom stereocenters. The number of rotatable bonds is 9. The molecule has 1 aliphatic carbocycles. The molecule has 35 heavy (non-hydrogen) atoms. The monoisotopic (exact) mass is 478 g/mol. The first-order valence-electron chi connectivity index (χ1n) is 13.0. The number of ether oxygens (including phenoxy) is 2. The van der Waals surface area contributed by atoms with Gasteiger partial charge in [-0.05, 0) is 42.0 Å². The van der Waals surface area contributed by atoms with Crippen LogP contribution < -0.4 is 10.1 Å². The van der Waals surface area contributed by atoms with E-state index in [1.54, 1.807) is 7.11 Å². The zero-order valence-corrected chi connectivity index (χ0v) is 20.8. The van der Waals surface area contributed by atoms with Gasteiger partial charge in [0.1, 0.15) is 11.4 Å². The van der Waals surface area contributed by atoms with Gasteiger partial charge in [0.25, 0.3) is 0 Å². The number of hydrogen-bond acceptors (Lipinski definition) is 4. The standard InChI is InChI=1S/C29H38N2O4/c1-34-26-14-11-24(12-15-26)17-20-30-28(33)35-29(25-9-3-2-4-10-25)18-21-31(22-19-29)27(32)16-13-23-7-5-6-8-23/h2-4,9-12,14-15,23H,5-8,13,16-22H2,1H3,(H,30,33). The number of amides is 2. The van der Waals surface area contributed by atoms with E-state index in [9.17, 15) is 9.59 Å². The van der Waals surface area contributed by atoms with Crippen molar-refractivity contribution in [1.29, 1.82) is 0 Å². The van der Waals surface area contributed by atoms with Gasteiger partial charge in [-0.25, -0.2) is 4.79 Å². The molecule has 2 aromatic rings. The minimum Gasteiger partial charge on any atom is -0.497 e. The predicted molar refractivity (Wildman–Crippen MR) is 136 cm³/mol. The number of carbonyl (C=O) groups excluding carboxylic acids is 2. The lowest BCUT2D eigenvalue weighted by Crippen LogP contribution is -2.48. The van der Waals surface area contributed by atoms with E-state index in [-0.39, 0.29) is 5.91 Å². The Morgan fingerprint density at radius 1 is 1.00 bits per heavy atom. The molecule has 2 aromatic carbocycles. The third kappa shape index (κ3) is 6.77. The van der Waals surface area contributed by atoms with Gasteiger partial charge in [-0.15, -0.1) is 0 Å². The van der Waals surface area contributed by atoms with Gasteiger partial charge in [0.15, 0.2) is 0 Å². The molecule has 2 amide bonds. The highest BCUT2D eigenvalue weighted by Gasteiger charge is 2.41. The van der Waals surface area contributed by atoms with Gasteiger partial charge in [-0.2, -0.15) is 0 Å². The van der Waals surface area contributed by atoms with Crippen LogP contribution in [-0.4, -0.2) is 43.6 Å². The topological polar surface area (TPSA) is 67.9 Å². The van der Waals surface area contributed by atoms with Crippen LogP contribution in [0.3, 0.4) is 0 Å². The Morgan fingerprint density at radius 2 is 1.69 bits per heavy atom. The minimum atomic E-state index is -0.715. The van der Waals surface area contributed by atoms with Crippen LogP contribution in [-0.2, 0) is 21.6 Å². The van der Waals surface area contributed by atoms with Crippen molar-refractivity contribution in [3.05, 3.63) is 65.7 Å². The number of likely N-dealkylation sites (tertiary alicyclic amines) is 1. The molecule has 1 saturated heterocycles. The summed E-state index contributed by atoms with van der Waals surface area (Å²) in [4.78, 5) is 27.6. The lowest BCUT2D eigenvalue weighted by Gasteiger charge is -2.41. The molecule has 0 spiro atoms. The molecular formula is C29H38N2O4. The average molecular weight is 479 g/mol. The van der Waals surface area contributed by atoms with Gasteiger partial charge in [0.2, 0.25) is 5.91 Å². The number of carbonyl (C=O) groups is 2. The lowest BCUT2D eigenvalue weighted by atomic mass is 9.84. The maximum atomic E-state index is 12.8. The summed E-state index contributed by atoms with van der Waals surface area (Å²) in [6, 6.07) is 17.8. The first-order chi connectivity index (χ1) is 17.1. The zero-order valence-electron chi connectivity index (χ0n) is 20.8. The maximum Gasteiger partial charge on any atom is 0.408 e. The Labute approximate surface area is 209 Å². The Morgan fingerprint density at radius 3 is 2.34 bits per heavy atom. The van der Waals surface area contributed by atoms with Crippen molar-refractivity contribution in [3.63, 3.8) is 0 Å². The van der Waals surface area contributed by atoms with Crippen LogP contribution >= 0.6 is 0 Å².